The highest BCUT2D eigenvalue weighted by Gasteiger charge is 2.35. The van der Waals surface area contributed by atoms with Crippen LogP contribution in [0.15, 0.2) is 9.85 Å². The molecule has 112 valence electrons. The van der Waals surface area contributed by atoms with E-state index in [9.17, 15) is 4.79 Å². The smallest absolute Gasteiger partial charge is 0.261 e. The Morgan fingerprint density at radius 3 is 2.55 bits per heavy atom. The Hall–Kier alpha value is -0.350. The van der Waals surface area contributed by atoms with Gasteiger partial charge in [0.25, 0.3) is 5.91 Å². The fourth-order valence-electron chi connectivity index (χ4n) is 3.15. The van der Waals surface area contributed by atoms with Crippen molar-refractivity contribution in [3.63, 3.8) is 0 Å². The van der Waals surface area contributed by atoms with Crippen molar-refractivity contribution in [1.82, 2.24) is 5.32 Å². The predicted molar refractivity (Wildman–Crippen MR) is 89.4 cm³/mol. The lowest BCUT2D eigenvalue weighted by Gasteiger charge is -2.40. The number of amides is 1. The summed E-state index contributed by atoms with van der Waals surface area (Å²) in [6.07, 6.45) is 4.85. The van der Waals surface area contributed by atoms with Crippen molar-refractivity contribution >= 4 is 33.2 Å². The number of hydrogen-bond donors (Lipinski definition) is 1. The molecule has 0 radical (unpaired) electrons. The quantitative estimate of drug-likeness (QED) is 0.778. The lowest BCUT2D eigenvalue weighted by Crippen LogP contribution is -2.46. The third kappa shape index (κ3) is 3.64. The summed E-state index contributed by atoms with van der Waals surface area (Å²) < 4.78 is 1.05. The number of halogens is 1. The molecule has 0 saturated heterocycles. The molecule has 4 heteroatoms. The third-order valence-electron chi connectivity index (χ3n) is 4.28. The number of nitrogens with one attached hydrogen (secondary N) is 1. The summed E-state index contributed by atoms with van der Waals surface area (Å²) in [7, 11) is 0. The molecule has 0 aromatic carbocycles. The van der Waals surface area contributed by atoms with E-state index in [0.29, 0.717) is 12.0 Å². The normalized spacial score (nSPS) is 23.6. The monoisotopic (exact) mass is 357 g/mol. The second-order valence-corrected chi connectivity index (χ2v) is 9.27. The van der Waals surface area contributed by atoms with Gasteiger partial charge in [-0.1, -0.05) is 33.6 Å². The molecule has 1 aliphatic rings. The second kappa shape index (κ2) is 6.18. The van der Waals surface area contributed by atoms with E-state index in [0.717, 1.165) is 20.6 Å². The lowest BCUT2D eigenvalue weighted by atomic mass is 9.69. The van der Waals surface area contributed by atoms with Crippen molar-refractivity contribution in [2.75, 3.05) is 0 Å². The van der Waals surface area contributed by atoms with E-state index in [2.05, 4.69) is 42.0 Å². The molecule has 1 aliphatic carbocycles. The van der Waals surface area contributed by atoms with Crippen LogP contribution in [0, 0.1) is 18.3 Å². The molecular formula is C16H24BrNOS. The average molecular weight is 358 g/mol. The van der Waals surface area contributed by atoms with Crippen LogP contribution in [0.4, 0.5) is 0 Å². The maximum atomic E-state index is 12.4. The molecule has 1 aromatic heterocycles. The van der Waals surface area contributed by atoms with Gasteiger partial charge in [-0.2, -0.15) is 0 Å². The molecule has 0 spiro atoms. The first-order valence-electron chi connectivity index (χ1n) is 7.36. The van der Waals surface area contributed by atoms with Gasteiger partial charge in [0.2, 0.25) is 0 Å². The highest BCUT2D eigenvalue weighted by molar-refractivity contribution is 9.11. The molecule has 1 saturated carbocycles. The van der Waals surface area contributed by atoms with Gasteiger partial charge in [-0.15, -0.1) is 11.3 Å². The van der Waals surface area contributed by atoms with E-state index in [4.69, 9.17) is 0 Å². The Bertz CT molecular complexity index is 470. The zero-order valence-corrected chi connectivity index (χ0v) is 15.2. The predicted octanol–water partition coefficient (Wildman–Crippen LogP) is 5.15. The van der Waals surface area contributed by atoms with Gasteiger partial charge in [0.15, 0.2) is 0 Å². The lowest BCUT2D eigenvalue weighted by molar-refractivity contribution is 0.0834. The molecule has 0 bridgehead atoms. The van der Waals surface area contributed by atoms with E-state index >= 15 is 0 Å². The Labute approximate surface area is 134 Å². The van der Waals surface area contributed by atoms with Gasteiger partial charge < -0.3 is 5.32 Å². The van der Waals surface area contributed by atoms with Crippen LogP contribution in [0.1, 0.15) is 61.7 Å². The molecule has 1 heterocycles. The van der Waals surface area contributed by atoms with Crippen LogP contribution >= 0.6 is 27.3 Å². The van der Waals surface area contributed by atoms with Crippen LogP contribution in [-0.2, 0) is 0 Å². The molecule has 0 aliphatic heterocycles. The van der Waals surface area contributed by atoms with Gasteiger partial charge in [-0.25, -0.2) is 0 Å². The van der Waals surface area contributed by atoms with E-state index in [-0.39, 0.29) is 11.3 Å². The van der Waals surface area contributed by atoms with Gasteiger partial charge in [-0.05, 0) is 58.7 Å². The number of hydrogen-bond acceptors (Lipinski definition) is 2. The summed E-state index contributed by atoms with van der Waals surface area (Å²) in [6.45, 7) is 8.88. The summed E-state index contributed by atoms with van der Waals surface area (Å²) >= 11 is 5.02. The van der Waals surface area contributed by atoms with Crippen LogP contribution in [0.2, 0.25) is 0 Å². The minimum atomic E-state index is 0.0879. The standard InChI is InChI=1S/C16H24BrNOS/c1-10-9-13(20-14(10)17)15(19)18-12-8-6-5-7-11(12)16(2,3)4/h9,11-12H,5-8H2,1-4H3,(H,18,19). The molecule has 20 heavy (non-hydrogen) atoms. The van der Waals surface area contributed by atoms with Gasteiger partial charge >= 0.3 is 0 Å². The molecule has 2 nitrogen and oxygen atoms in total. The second-order valence-electron chi connectivity index (χ2n) is 6.90. The first-order valence-corrected chi connectivity index (χ1v) is 8.97. The van der Waals surface area contributed by atoms with Crippen molar-refractivity contribution in [2.45, 2.75) is 59.4 Å². The van der Waals surface area contributed by atoms with Gasteiger partial charge in [-0.3, -0.25) is 4.79 Å². The van der Waals surface area contributed by atoms with E-state index < -0.39 is 0 Å². The SMILES string of the molecule is Cc1cc(C(=O)NC2CCCCC2C(C)(C)C)sc1Br. The van der Waals surface area contributed by atoms with Crippen molar-refractivity contribution < 1.29 is 4.79 Å². The van der Waals surface area contributed by atoms with E-state index in [1.54, 1.807) is 0 Å². The number of thiophene rings is 1. The maximum Gasteiger partial charge on any atom is 0.261 e. The Morgan fingerprint density at radius 1 is 1.35 bits per heavy atom. The van der Waals surface area contributed by atoms with Gasteiger partial charge in [0, 0.05) is 6.04 Å². The average Bonchev–Trinajstić information content (AvgIpc) is 2.69. The van der Waals surface area contributed by atoms with Crippen molar-refractivity contribution in [3.8, 4) is 0 Å². The Kier molecular flexibility index (Phi) is 4.96. The van der Waals surface area contributed by atoms with Crippen LogP contribution in [0.25, 0.3) is 0 Å². The van der Waals surface area contributed by atoms with Crippen molar-refractivity contribution in [1.29, 1.82) is 0 Å². The molecule has 2 rings (SSSR count). The fraction of sp³-hybridized carbons (Fsp3) is 0.688. The van der Waals surface area contributed by atoms with Crippen molar-refractivity contribution in [3.05, 3.63) is 20.3 Å². The Morgan fingerprint density at radius 2 is 2.00 bits per heavy atom. The minimum Gasteiger partial charge on any atom is -0.348 e. The van der Waals surface area contributed by atoms with Crippen molar-refractivity contribution in [2.24, 2.45) is 11.3 Å². The van der Waals surface area contributed by atoms with Crippen LogP contribution in [0.3, 0.4) is 0 Å². The zero-order chi connectivity index (χ0) is 14.9. The summed E-state index contributed by atoms with van der Waals surface area (Å²) in [6, 6.07) is 2.29. The van der Waals surface area contributed by atoms with E-state index in [1.165, 1.54) is 30.6 Å². The number of carbonyl (C=O) groups excluding carboxylic acids is 1. The number of carbonyl (C=O) groups is 1. The van der Waals surface area contributed by atoms with E-state index in [1.807, 2.05) is 13.0 Å². The largest absolute Gasteiger partial charge is 0.348 e. The fourth-order valence-corrected chi connectivity index (χ4v) is 4.59. The number of aryl methyl sites for hydroxylation is 1. The molecular weight excluding hydrogens is 334 g/mol. The van der Waals surface area contributed by atoms with Crippen LogP contribution < -0.4 is 5.32 Å². The van der Waals surface area contributed by atoms with Crippen LogP contribution in [-0.4, -0.2) is 11.9 Å². The highest BCUT2D eigenvalue weighted by Crippen LogP contribution is 2.38. The summed E-state index contributed by atoms with van der Waals surface area (Å²) in [5.74, 6) is 0.662. The van der Waals surface area contributed by atoms with Crippen LogP contribution in [0.5, 0.6) is 0 Å². The molecule has 2 unspecified atom stereocenters. The molecule has 1 N–H and O–H groups in total. The number of rotatable bonds is 2. The summed E-state index contributed by atoms with van der Waals surface area (Å²) in [5, 5.41) is 3.28. The first-order chi connectivity index (χ1) is 9.29. The Balaban J connectivity index is 2.09. The highest BCUT2D eigenvalue weighted by atomic mass is 79.9. The molecule has 1 fully saturated rings. The first kappa shape index (κ1) is 16.0. The summed E-state index contributed by atoms with van der Waals surface area (Å²) in [4.78, 5) is 13.2. The topological polar surface area (TPSA) is 29.1 Å². The summed E-state index contributed by atoms with van der Waals surface area (Å²) in [5.41, 5.74) is 1.39. The third-order valence-corrected chi connectivity index (χ3v) is 6.41. The molecule has 1 aromatic rings. The van der Waals surface area contributed by atoms with Gasteiger partial charge in [0.05, 0.1) is 8.66 Å². The molecule has 2 atom stereocenters. The van der Waals surface area contributed by atoms with Gasteiger partial charge in [0.1, 0.15) is 0 Å². The zero-order valence-electron chi connectivity index (χ0n) is 12.8. The minimum absolute atomic E-state index is 0.0879. The molecule has 1 amide bonds. The maximum absolute atomic E-state index is 12.4.